The summed E-state index contributed by atoms with van der Waals surface area (Å²) in [7, 11) is 1.43. The molecule has 1 amide bonds. The monoisotopic (exact) mass is 488 g/mol. The first-order chi connectivity index (χ1) is 16.7. The Bertz CT molecular complexity index is 1150. The Morgan fingerprint density at radius 2 is 1.89 bits per heavy atom. The van der Waals surface area contributed by atoms with Crippen LogP contribution in [0.4, 0.5) is 11.5 Å². The first-order valence-corrected chi connectivity index (χ1v) is 11.2. The topological polar surface area (TPSA) is 146 Å². The van der Waals surface area contributed by atoms with Crippen LogP contribution in [0.1, 0.15) is 26.3 Å². The van der Waals surface area contributed by atoms with Gasteiger partial charge in [-0.15, -0.1) is 0 Å². The van der Waals surface area contributed by atoms with Gasteiger partial charge in [-0.05, 0) is 36.6 Å². The summed E-state index contributed by atoms with van der Waals surface area (Å²) in [6.07, 6.45) is 2.72. The number of esters is 1. The molecule has 3 N–H and O–H groups in total. The quantitative estimate of drug-likeness (QED) is 0.337. The summed E-state index contributed by atoms with van der Waals surface area (Å²) >= 11 is 0. The number of amides is 1. The molecule has 0 aliphatic rings. The lowest BCUT2D eigenvalue weighted by atomic mass is 10.2. The van der Waals surface area contributed by atoms with Crippen LogP contribution < -0.4 is 26.6 Å². The van der Waals surface area contributed by atoms with E-state index >= 15 is 0 Å². The van der Waals surface area contributed by atoms with Gasteiger partial charge < -0.3 is 19.9 Å². The van der Waals surface area contributed by atoms with Crippen molar-refractivity contribution in [2.75, 3.05) is 44.1 Å². The zero-order valence-electron chi connectivity index (χ0n) is 20.4. The standard InChI is InChI=1S/C24H32N4O7/c1-5-34-18-9-6-17(7-10-18)8-11-20(30)35-15-19(29)27(12-13-33-4)21-22(25)28(14-16(2)3)24(32)26-23(21)31/h6-11,16H,5,12-15,25H2,1-4H3,(H,26,31,32)/b11-8+. The average molecular weight is 489 g/mol. The fourth-order valence-corrected chi connectivity index (χ4v) is 3.19. The molecule has 0 aliphatic carbocycles. The van der Waals surface area contributed by atoms with E-state index in [2.05, 4.69) is 4.98 Å². The van der Waals surface area contributed by atoms with E-state index < -0.39 is 29.7 Å². The molecule has 1 aromatic carbocycles. The van der Waals surface area contributed by atoms with Crippen molar-refractivity contribution in [3.8, 4) is 5.75 Å². The van der Waals surface area contributed by atoms with Crippen LogP contribution in [0.15, 0.2) is 39.9 Å². The molecule has 35 heavy (non-hydrogen) atoms. The summed E-state index contributed by atoms with van der Waals surface area (Å²) in [4.78, 5) is 53.1. The Morgan fingerprint density at radius 1 is 1.20 bits per heavy atom. The number of nitrogens with zero attached hydrogens (tertiary/aromatic N) is 2. The largest absolute Gasteiger partial charge is 0.494 e. The molecule has 0 aliphatic heterocycles. The van der Waals surface area contributed by atoms with Gasteiger partial charge in [-0.2, -0.15) is 0 Å². The minimum atomic E-state index is -0.821. The molecule has 11 heteroatoms. The van der Waals surface area contributed by atoms with Gasteiger partial charge in [-0.1, -0.05) is 26.0 Å². The highest BCUT2D eigenvalue weighted by atomic mass is 16.5. The van der Waals surface area contributed by atoms with E-state index in [0.717, 1.165) is 10.5 Å². The number of aromatic nitrogens is 2. The van der Waals surface area contributed by atoms with Gasteiger partial charge in [0.05, 0.1) is 13.2 Å². The van der Waals surface area contributed by atoms with Gasteiger partial charge in [0.2, 0.25) is 0 Å². The number of ether oxygens (including phenoxy) is 3. The van der Waals surface area contributed by atoms with Crippen LogP contribution in [-0.4, -0.2) is 54.9 Å². The molecule has 0 atom stereocenters. The lowest BCUT2D eigenvalue weighted by molar-refractivity contribution is -0.142. The van der Waals surface area contributed by atoms with Crippen LogP contribution in [0, 0.1) is 5.92 Å². The van der Waals surface area contributed by atoms with Gasteiger partial charge in [0.15, 0.2) is 12.3 Å². The summed E-state index contributed by atoms with van der Waals surface area (Å²) in [6.45, 7) is 5.84. The molecule has 190 valence electrons. The van der Waals surface area contributed by atoms with E-state index in [0.29, 0.717) is 12.4 Å². The highest BCUT2D eigenvalue weighted by Crippen LogP contribution is 2.18. The maximum absolute atomic E-state index is 12.9. The molecule has 2 aromatic rings. The predicted octanol–water partition coefficient (Wildman–Crippen LogP) is 1.41. The number of anilines is 2. The number of nitrogen functional groups attached to an aromatic ring is 1. The Hall–Kier alpha value is -3.86. The van der Waals surface area contributed by atoms with Gasteiger partial charge in [-0.25, -0.2) is 9.59 Å². The van der Waals surface area contributed by atoms with Gasteiger partial charge in [0, 0.05) is 26.3 Å². The molecule has 0 spiro atoms. The lowest BCUT2D eigenvalue weighted by Gasteiger charge is -2.24. The fourth-order valence-electron chi connectivity index (χ4n) is 3.19. The van der Waals surface area contributed by atoms with Crippen molar-refractivity contribution < 1.29 is 23.8 Å². The third kappa shape index (κ3) is 7.85. The molecule has 1 aromatic heterocycles. The second kappa shape index (κ2) is 13.1. The van der Waals surface area contributed by atoms with E-state index in [1.54, 1.807) is 24.3 Å². The smallest absolute Gasteiger partial charge is 0.331 e. The van der Waals surface area contributed by atoms with Crippen molar-refractivity contribution in [2.45, 2.75) is 27.3 Å². The molecule has 1 heterocycles. The Morgan fingerprint density at radius 3 is 2.49 bits per heavy atom. The number of hydrogen-bond donors (Lipinski definition) is 2. The highest BCUT2D eigenvalue weighted by Gasteiger charge is 2.25. The molecule has 0 bridgehead atoms. The SMILES string of the molecule is CCOc1ccc(/C=C/C(=O)OCC(=O)N(CCOC)c2c(N)n(CC(C)C)c(=O)[nH]c2=O)cc1. The molecule has 2 rings (SSSR count). The third-order valence-electron chi connectivity index (χ3n) is 4.79. The van der Waals surface area contributed by atoms with Crippen molar-refractivity contribution in [3.63, 3.8) is 0 Å². The summed E-state index contributed by atoms with van der Waals surface area (Å²) in [6, 6.07) is 7.08. The number of methoxy groups -OCH3 is 1. The van der Waals surface area contributed by atoms with Crippen LogP contribution in [0.2, 0.25) is 0 Å². The Kier molecular flexibility index (Phi) is 10.3. The van der Waals surface area contributed by atoms with Gasteiger partial charge >= 0.3 is 11.7 Å². The average Bonchev–Trinajstić information content (AvgIpc) is 2.81. The zero-order valence-corrected chi connectivity index (χ0v) is 20.4. The summed E-state index contributed by atoms with van der Waals surface area (Å²) in [5.41, 5.74) is 5.17. The molecule has 0 fully saturated rings. The second-order valence-corrected chi connectivity index (χ2v) is 7.98. The van der Waals surface area contributed by atoms with Crippen LogP contribution in [0.3, 0.4) is 0 Å². The summed E-state index contributed by atoms with van der Waals surface area (Å²) in [5.74, 6) is -0.830. The number of nitrogens with one attached hydrogen (secondary N) is 1. The predicted molar refractivity (Wildman–Crippen MR) is 132 cm³/mol. The summed E-state index contributed by atoms with van der Waals surface area (Å²) in [5, 5.41) is 0. The Labute approximate surface area is 203 Å². The first kappa shape index (κ1) is 27.4. The van der Waals surface area contributed by atoms with Crippen molar-refractivity contribution in [3.05, 3.63) is 56.7 Å². The zero-order chi connectivity index (χ0) is 26.0. The van der Waals surface area contributed by atoms with E-state index in [9.17, 15) is 19.2 Å². The molecule has 11 nitrogen and oxygen atoms in total. The van der Waals surface area contributed by atoms with Crippen molar-refractivity contribution in [2.24, 2.45) is 5.92 Å². The minimum absolute atomic E-state index is 0.0396. The minimum Gasteiger partial charge on any atom is -0.494 e. The number of aromatic amines is 1. The summed E-state index contributed by atoms with van der Waals surface area (Å²) < 4.78 is 16.7. The van der Waals surface area contributed by atoms with Crippen LogP contribution in [0.25, 0.3) is 6.08 Å². The maximum Gasteiger partial charge on any atom is 0.331 e. The van der Waals surface area contributed by atoms with Crippen LogP contribution >= 0.6 is 0 Å². The van der Waals surface area contributed by atoms with Crippen LogP contribution in [0.5, 0.6) is 5.75 Å². The van der Waals surface area contributed by atoms with Crippen molar-refractivity contribution in [1.29, 1.82) is 0 Å². The maximum atomic E-state index is 12.9. The lowest BCUT2D eigenvalue weighted by Crippen LogP contribution is -2.44. The second-order valence-electron chi connectivity index (χ2n) is 7.98. The number of rotatable bonds is 12. The number of benzene rings is 1. The van der Waals surface area contributed by atoms with E-state index in [-0.39, 0.29) is 37.1 Å². The molecule has 0 radical (unpaired) electrons. The number of carbonyl (C=O) groups excluding carboxylic acids is 2. The van der Waals surface area contributed by atoms with Gasteiger partial charge in [0.1, 0.15) is 11.6 Å². The van der Waals surface area contributed by atoms with Crippen LogP contribution in [-0.2, 0) is 25.6 Å². The number of H-pyrrole nitrogens is 1. The Balaban J connectivity index is 2.17. The van der Waals surface area contributed by atoms with Crippen molar-refractivity contribution in [1.82, 2.24) is 9.55 Å². The van der Waals surface area contributed by atoms with E-state index in [1.807, 2.05) is 20.8 Å². The first-order valence-electron chi connectivity index (χ1n) is 11.2. The van der Waals surface area contributed by atoms with Gasteiger partial charge in [-0.3, -0.25) is 24.0 Å². The molecule has 0 saturated heterocycles. The number of carbonyl (C=O) groups is 2. The van der Waals surface area contributed by atoms with E-state index in [4.69, 9.17) is 19.9 Å². The third-order valence-corrected chi connectivity index (χ3v) is 4.79. The molecular weight excluding hydrogens is 456 g/mol. The number of hydrogen-bond acceptors (Lipinski definition) is 8. The normalized spacial score (nSPS) is 11.1. The fraction of sp³-hybridized carbons (Fsp3) is 0.417. The highest BCUT2D eigenvalue weighted by molar-refractivity contribution is 5.98. The molecule has 0 saturated carbocycles. The van der Waals surface area contributed by atoms with E-state index in [1.165, 1.54) is 23.8 Å². The number of nitrogens with two attached hydrogens (primary N) is 1. The molecular formula is C24H32N4O7. The van der Waals surface area contributed by atoms with Gasteiger partial charge in [0.25, 0.3) is 11.5 Å². The van der Waals surface area contributed by atoms with Crippen molar-refractivity contribution >= 4 is 29.5 Å². The molecule has 0 unspecified atom stereocenters.